The number of ether oxygens (including phenoxy) is 1. The fourth-order valence-electron chi connectivity index (χ4n) is 3.51. The number of guanidine groups is 1. The van der Waals surface area contributed by atoms with Crippen LogP contribution in [0.25, 0.3) is 0 Å². The Morgan fingerprint density at radius 3 is 2.50 bits per heavy atom. The Hall–Kier alpha value is -2.72. The first-order valence-electron chi connectivity index (χ1n) is 10.4. The van der Waals surface area contributed by atoms with Gasteiger partial charge in [-0.2, -0.15) is 0 Å². The molecule has 32 heavy (non-hydrogen) atoms. The van der Waals surface area contributed by atoms with Crippen LogP contribution in [0.4, 0.5) is 0 Å². The van der Waals surface area contributed by atoms with Crippen LogP contribution in [0, 0.1) is 0 Å². The standard InChI is InChI=1S/C22H29BrN4O5/c1-4-14(5-2)32-18-11-13(21(30)31)10-17(19(18)25-12(3)28)26-22(24)27-20(29)15-8-6-7-9-16(15)23/h6-9,11,14,17-19H,4-5,10H2,1-3H3,(H,25,28)(H,30,31)(H3,24,26,27,29)/t17-,18+,19+/m0/s1. The molecule has 0 unspecified atom stereocenters. The van der Waals surface area contributed by atoms with Gasteiger partial charge in [-0.15, -0.1) is 0 Å². The lowest BCUT2D eigenvalue weighted by atomic mass is 9.88. The number of amides is 2. The van der Waals surface area contributed by atoms with E-state index in [1.165, 1.54) is 13.0 Å². The summed E-state index contributed by atoms with van der Waals surface area (Å²) < 4.78 is 6.70. The van der Waals surface area contributed by atoms with Crippen molar-refractivity contribution in [1.82, 2.24) is 10.6 Å². The number of nitrogens with zero attached hydrogens (tertiary/aromatic N) is 1. The fraction of sp³-hybridized carbons (Fsp3) is 0.455. The van der Waals surface area contributed by atoms with Crippen LogP contribution in [0.1, 0.15) is 50.4 Å². The Kier molecular flexibility index (Phi) is 9.40. The van der Waals surface area contributed by atoms with E-state index in [1.54, 1.807) is 24.3 Å². The number of carbonyl (C=O) groups excluding carboxylic acids is 2. The smallest absolute Gasteiger partial charge is 0.331 e. The zero-order valence-electron chi connectivity index (χ0n) is 18.3. The Morgan fingerprint density at radius 2 is 1.94 bits per heavy atom. The second kappa shape index (κ2) is 11.8. The van der Waals surface area contributed by atoms with Crippen molar-refractivity contribution in [1.29, 1.82) is 0 Å². The number of benzene rings is 1. The molecule has 0 saturated heterocycles. The number of nitrogens with two attached hydrogens (primary N) is 1. The minimum atomic E-state index is -1.10. The van der Waals surface area contributed by atoms with E-state index in [0.717, 1.165) is 12.8 Å². The third-order valence-corrected chi connectivity index (χ3v) is 5.82. The number of hydrogen-bond donors (Lipinski definition) is 4. The number of nitrogens with one attached hydrogen (secondary N) is 2. The van der Waals surface area contributed by atoms with Crippen LogP contribution in [0.2, 0.25) is 0 Å². The van der Waals surface area contributed by atoms with Crippen LogP contribution in [0.3, 0.4) is 0 Å². The average molecular weight is 509 g/mol. The molecule has 0 heterocycles. The van der Waals surface area contributed by atoms with Gasteiger partial charge in [0.05, 0.1) is 29.9 Å². The van der Waals surface area contributed by atoms with E-state index in [2.05, 4.69) is 31.6 Å². The Morgan fingerprint density at radius 1 is 1.28 bits per heavy atom. The number of carbonyl (C=O) groups is 3. The molecular formula is C22H29BrN4O5. The lowest BCUT2D eigenvalue weighted by molar-refractivity contribution is -0.133. The van der Waals surface area contributed by atoms with E-state index in [1.807, 2.05) is 13.8 Å². The highest BCUT2D eigenvalue weighted by Gasteiger charge is 2.37. The van der Waals surface area contributed by atoms with Gasteiger partial charge in [0.25, 0.3) is 5.91 Å². The summed E-state index contributed by atoms with van der Waals surface area (Å²) >= 11 is 3.31. The lowest BCUT2D eigenvalue weighted by Gasteiger charge is -2.36. The first-order valence-corrected chi connectivity index (χ1v) is 11.2. The number of rotatable bonds is 8. The molecule has 0 bridgehead atoms. The van der Waals surface area contributed by atoms with Crippen molar-refractivity contribution in [3.8, 4) is 0 Å². The van der Waals surface area contributed by atoms with Gasteiger partial charge >= 0.3 is 5.97 Å². The fourth-order valence-corrected chi connectivity index (χ4v) is 3.97. The summed E-state index contributed by atoms with van der Waals surface area (Å²) in [5, 5.41) is 14.9. The van der Waals surface area contributed by atoms with Crippen LogP contribution in [0.15, 0.2) is 45.4 Å². The predicted octanol–water partition coefficient (Wildman–Crippen LogP) is 2.36. The van der Waals surface area contributed by atoms with E-state index >= 15 is 0 Å². The summed E-state index contributed by atoms with van der Waals surface area (Å²) in [5.41, 5.74) is 6.47. The SMILES string of the molecule is CCC(CC)O[C@@H]1C=C(C(=O)O)C[C@H](N=C(N)NC(=O)c2ccccc2Br)[C@H]1NC(C)=O. The molecule has 0 saturated carbocycles. The number of aliphatic carboxylic acids is 1. The molecule has 9 nitrogen and oxygen atoms in total. The first kappa shape index (κ1) is 25.5. The van der Waals surface area contributed by atoms with Crippen molar-refractivity contribution in [3.05, 3.63) is 46.0 Å². The molecule has 0 aliphatic heterocycles. The summed E-state index contributed by atoms with van der Waals surface area (Å²) in [6.45, 7) is 5.30. The number of aliphatic imine (C=N–C) groups is 1. The molecule has 1 aliphatic rings. The van der Waals surface area contributed by atoms with Gasteiger partial charge in [-0.1, -0.05) is 26.0 Å². The first-order chi connectivity index (χ1) is 15.2. The largest absolute Gasteiger partial charge is 0.478 e. The molecule has 5 N–H and O–H groups in total. The predicted molar refractivity (Wildman–Crippen MR) is 124 cm³/mol. The molecule has 3 atom stereocenters. The minimum Gasteiger partial charge on any atom is -0.478 e. The molecule has 0 radical (unpaired) electrons. The van der Waals surface area contributed by atoms with Crippen LogP contribution < -0.4 is 16.4 Å². The van der Waals surface area contributed by atoms with Crippen LogP contribution in [0.5, 0.6) is 0 Å². The molecular weight excluding hydrogens is 480 g/mol. The van der Waals surface area contributed by atoms with Gasteiger partial charge in [-0.05, 0) is 47.0 Å². The molecule has 174 valence electrons. The maximum absolute atomic E-state index is 12.5. The van der Waals surface area contributed by atoms with Gasteiger partial charge in [0.2, 0.25) is 5.91 Å². The third-order valence-electron chi connectivity index (χ3n) is 5.13. The maximum Gasteiger partial charge on any atom is 0.331 e. The van der Waals surface area contributed by atoms with Crippen molar-refractivity contribution in [2.24, 2.45) is 10.7 Å². The lowest BCUT2D eigenvalue weighted by Crippen LogP contribution is -2.54. The monoisotopic (exact) mass is 508 g/mol. The van der Waals surface area contributed by atoms with E-state index in [-0.39, 0.29) is 30.0 Å². The third kappa shape index (κ3) is 6.89. The molecule has 1 aromatic rings. The van der Waals surface area contributed by atoms with E-state index in [9.17, 15) is 19.5 Å². The molecule has 0 fully saturated rings. The Labute approximate surface area is 195 Å². The summed E-state index contributed by atoms with van der Waals surface area (Å²) in [5.74, 6) is -2.06. The second-order valence-electron chi connectivity index (χ2n) is 7.48. The maximum atomic E-state index is 12.5. The summed E-state index contributed by atoms with van der Waals surface area (Å²) in [7, 11) is 0. The van der Waals surface area contributed by atoms with Gasteiger partial charge in [-0.25, -0.2) is 9.79 Å². The zero-order chi connectivity index (χ0) is 23.8. The van der Waals surface area contributed by atoms with Gasteiger partial charge in [-0.3, -0.25) is 14.9 Å². The molecule has 0 spiro atoms. The summed E-state index contributed by atoms with van der Waals surface area (Å²) in [4.78, 5) is 40.5. The molecule has 0 aromatic heterocycles. The molecule has 10 heteroatoms. The number of hydrogen-bond acceptors (Lipinski definition) is 5. The normalized spacial score (nSPS) is 21.1. The Balaban J connectivity index is 2.33. The zero-order valence-corrected chi connectivity index (χ0v) is 19.9. The highest BCUT2D eigenvalue weighted by atomic mass is 79.9. The van der Waals surface area contributed by atoms with E-state index in [4.69, 9.17) is 10.5 Å². The van der Waals surface area contributed by atoms with Gasteiger partial charge in [0, 0.05) is 23.4 Å². The minimum absolute atomic E-state index is 0.0225. The topological polar surface area (TPSA) is 143 Å². The van der Waals surface area contributed by atoms with Gasteiger partial charge in [0.15, 0.2) is 5.96 Å². The number of carboxylic acid groups (broad SMARTS) is 1. The van der Waals surface area contributed by atoms with Crippen molar-refractivity contribution < 1.29 is 24.2 Å². The van der Waals surface area contributed by atoms with Crippen LogP contribution >= 0.6 is 15.9 Å². The molecule has 2 rings (SSSR count). The van der Waals surface area contributed by atoms with Crippen LogP contribution in [-0.4, -0.2) is 53.1 Å². The van der Waals surface area contributed by atoms with Crippen LogP contribution in [-0.2, 0) is 14.3 Å². The quantitative estimate of drug-likeness (QED) is 0.313. The van der Waals surface area contributed by atoms with Crippen molar-refractivity contribution in [3.63, 3.8) is 0 Å². The number of halogens is 1. The second-order valence-corrected chi connectivity index (χ2v) is 8.34. The van der Waals surface area contributed by atoms with Crippen molar-refractivity contribution in [2.45, 2.75) is 64.3 Å². The van der Waals surface area contributed by atoms with E-state index < -0.39 is 30.1 Å². The van der Waals surface area contributed by atoms with E-state index in [0.29, 0.717) is 10.0 Å². The Bertz CT molecular complexity index is 913. The average Bonchev–Trinajstić information content (AvgIpc) is 2.73. The summed E-state index contributed by atoms with van der Waals surface area (Å²) in [6.07, 6.45) is 2.18. The molecule has 2 amide bonds. The number of carboxylic acids is 1. The molecule has 1 aromatic carbocycles. The van der Waals surface area contributed by atoms with Gasteiger partial charge in [0.1, 0.15) is 0 Å². The molecule has 1 aliphatic carbocycles. The van der Waals surface area contributed by atoms with Crippen molar-refractivity contribution in [2.75, 3.05) is 0 Å². The van der Waals surface area contributed by atoms with Gasteiger partial charge < -0.3 is 20.9 Å². The summed E-state index contributed by atoms with van der Waals surface area (Å²) in [6, 6.07) is 5.45. The van der Waals surface area contributed by atoms with Crippen molar-refractivity contribution >= 4 is 39.7 Å². The highest BCUT2D eigenvalue weighted by molar-refractivity contribution is 9.10. The highest BCUT2D eigenvalue weighted by Crippen LogP contribution is 2.26.